The monoisotopic (exact) mass is 197 g/mol. The minimum absolute atomic E-state index is 0.113. The summed E-state index contributed by atoms with van der Waals surface area (Å²) >= 11 is 5.67. The second-order valence-electron chi connectivity index (χ2n) is 2.48. The average molecular weight is 198 g/mol. The van der Waals surface area contributed by atoms with Gasteiger partial charge in [0.1, 0.15) is 5.02 Å². The first-order chi connectivity index (χ1) is 6.18. The number of H-pyrrole nitrogens is 1. The second-order valence-corrected chi connectivity index (χ2v) is 2.89. The van der Waals surface area contributed by atoms with Gasteiger partial charge in [-0.25, -0.2) is 4.98 Å². The van der Waals surface area contributed by atoms with E-state index in [9.17, 15) is 10.1 Å². The molecule has 0 saturated carbocycles. The summed E-state index contributed by atoms with van der Waals surface area (Å²) in [5.74, 6) is 0. The largest absolute Gasteiger partial charge is 0.345 e. The van der Waals surface area contributed by atoms with E-state index in [-0.39, 0.29) is 10.7 Å². The topological polar surface area (TPSA) is 71.8 Å². The summed E-state index contributed by atoms with van der Waals surface area (Å²) in [6.07, 6.45) is 1.46. The number of halogens is 1. The molecule has 6 heteroatoms. The number of nitro benzene ring substituents is 1. The van der Waals surface area contributed by atoms with E-state index in [0.29, 0.717) is 11.0 Å². The minimum atomic E-state index is -0.531. The Kier molecular flexibility index (Phi) is 1.66. The van der Waals surface area contributed by atoms with Crippen LogP contribution >= 0.6 is 11.6 Å². The maximum atomic E-state index is 10.5. The van der Waals surface area contributed by atoms with E-state index in [2.05, 4.69) is 9.97 Å². The van der Waals surface area contributed by atoms with Gasteiger partial charge < -0.3 is 4.98 Å². The van der Waals surface area contributed by atoms with Crippen LogP contribution < -0.4 is 0 Å². The Morgan fingerprint density at radius 1 is 1.54 bits per heavy atom. The highest BCUT2D eigenvalue weighted by molar-refractivity contribution is 6.33. The van der Waals surface area contributed by atoms with E-state index in [1.54, 1.807) is 0 Å². The van der Waals surface area contributed by atoms with Gasteiger partial charge in [0.25, 0.3) is 5.69 Å². The molecule has 1 aromatic carbocycles. The van der Waals surface area contributed by atoms with Gasteiger partial charge in [-0.1, -0.05) is 11.6 Å². The van der Waals surface area contributed by atoms with E-state index in [0.717, 1.165) is 0 Å². The molecule has 0 spiro atoms. The molecule has 0 fully saturated rings. The first-order valence-corrected chi connectivity index (χ1v) is 3.83. The standard InChI is InChI=1S/C7H4ClN3O2/c8-4-1-5-6(10-3-9-5)2-7(4)11(12)13/h1-3H,(H,9,10). The van der Waals surface area contributed by atoms with Crippen molar-refractivity contribution < 1.29 is 4.92 Å². The number of rotatable bonds is 1. The Labute approximate surface area is 77.5 Å². The molecule has 0 aliphatic rings. The molecule has 0 aliphatic heterocycles. The van der Waals surface area contributed by atoms with Crippen LogP contribution in [0.15, 0.2) is 18.5 Å². The van der Waals surface area contributed by atoms with Crippen LogP contribution in [0.5, 0.6) is 0 Å². The fraction of sp³-hybridized carbons (Fsp3) is 0. The van der Waals surface area contributed by atoms with Crippen molar-refractivity contribution in [3.63, 3.8) is 0 Å². The lowest BCUT2D eigenvalue weighted by Gasteiger charge is -1.93. The number of aromatic nitrogens is 2. The summed E-state index contributed by atoms with van der Waals surface area (Å²) in [6.45, 7) is 0. The van der Waals surface area contributed by atoms with E-state index in [1.165, 1.54) is 18.5 Å². The molecule has 0 aliphatic carbocycles. The molecule has 5 nitrogen and oxygen atoms in total. The molecule has 2 rings (SSSR count). The first kappa shape index (κ1) is 8.00. The summed E-state index contributed by atoms with van der Waals surface area (Å²) in [4.78, 5) is 16.6. The number of nitro groups is 1. The fourth-order valence-electron chi connectivity index (χ4n) is 1.08. The van der Waals surface area contributed by atoms with Crippen LogP contribution in [0.1, 0.15) is 0 Å². The third kappa shape index (κ3) is 1.23. The molecular formula is C7H4ClN3O2. The third-order valence-corrected chi connectivity index (χ3v) is 1.99. The quantitative estimate of drug-likeness (QED) is 0.562. The summed E-state index contributed by atoms with van der Waals surface area (Å²) < 4.78 is 0. The van der Waals surface area contributed by atoms with Gasteiger partial charge in [0.2, 0.25) is 0 Å². The van der Waals surface area contributed by atoms with Crippen LogP contribution in [-0.4, -0.2) is 14.9 Å². The van der Waals surface area contributed by atoms with E-state index >= 15 is 0 Å². The van der Waals surface area contributed by atoms with Crippen molar-refractivity contribution >= 4 is 28.3 Å². The van der Waals surface area contributed by atoms with Gasteiger partial charge in [-0.3, -0.25) is 10.1 Å². The zero-order valence-corrected chi connectivity index (χ0v) is 7.08. The first-order valence-electron chi connectivity index (χ1n) is 3.45. The van der Waals surface area contributed by atoms with Gasteiger partial charge in [-0.15, -0.1) is 0 Å². The van der Waals surface area contributed by atoms with Crippen molar-refractivity contribution in [3.05, 3.63) is 33.6 Å². The predicted molar refractivity (Wildman–Crippen MR) is 47.8 cm³/mol. The highest BCUT2D eigenvalue weighted by Crippen LogP contribution is 2.27. The molecule has 0 unspecified atom stereocenters. The number of hydrogen-bond acceptors (Lipinski definition) is 3. The summed E-state index contributed by atoms with van der Waals surface area (Å²) in [7, 11) is 0. The van der Waals surface area contributed by atoms with Crippen LogP contribution in [0.25, 0.3) is 11.0 Å². The zero-order valence-electron chi connectivity index (χ0n) is 6.32. The molecule has 13 heavy (non-hydrogen) atoms. The van der Waals surface area contributed by atoms with E-state index in [4.69, 9.17) is 11.6 Å². The zero-order chi connectivity index (χ0) is 9.42. The van der Waals surface area contributed by atoms with Gasteiger partial charge in [-0.2, -0.15) is 0 Å². The number of aromatic amines is 1. The van der Waals surface area contributed by atoms with Crippen LogP contribution in [0.4, 0.5) is 5.69 Å². The van der Waals surface area contributed by atoms with Gasteiger partial charge in [0.05, 0.1) is 22.3 Å². The SMILES string of the molecule is O=[N+]([O-])c1cc2nc[nH]c2cc1Cl. The molecule has 2 aromatic rings. The Morgan fingerprint density at radius 3 is 3.00 bits per heavy atom. The van der Waals surface area contributed by atoms with Crippen molar-refractivity contribution in [1.29, 1.82) is 0 Å². The highest BCUT2D eigenvalue weighted by Gasteiger charge is 2.13. The van der Waals surface area contributed by atoms with Gasteiger partial charge in [-0.05, 0) is 6.07 Å². The second kappa shape index (κ2) is 2.70. The normalized spacial score (nSPS) is 10.5. The van der Waals surface area contributed by atoms with Crippen LogP contribution in [0.2, 0.25) is 5.02 Å². The molecule has 0 atom stereocenters. The van der Waals surface area contributed by atoms with Crippen LogP contribution in [0, 0.1) is 10.1 Å². The molecule has 1 N–H and O–H groups in total. The fourth-order valence-corrected chi connectivity index (χ4v) is 1.32. The Bertz CT molecular complexity index is 480. The number of nitrogens with zero attached hydrogens (tertiary/aromatic N) is 2. The molecule has 1 heterocycles. The smallest absolute Gasteiger partial charge is 0.290 e. The third-order valence-electron chi connectivity index (χ3n) is 1.69. The number of imidazole rings is 1. The summed E-state index contributed by atoms with van der Waals surface area (Å²) in [5, 5.41) is 10.6. The van der Waals surface area contributed by atoms with Crippen molar-refractivity contribution in [2.45, 2.75) is 0 Å². The highest BCUT2D eigenvalue weighted by atomic mass is 35.5. The summed E-state index contributed by atoms with van der Waals surface area (Å²) in [6, 6.07) is 2.83. The Morgan fingerprint density at radius 2 is 2.31 bits per heavy atom. The van der Waals surface area contributed by atoms with Gasteiger partial charge in [0.15, 0.2) is 0 Å². The van der Waals surface area contributed by atoms with Crippen molar-refractivity contribution in [2.75, 3.05) is 0 Å². The lowest BCUT2D eigenvalue weighted by atomic mass is 10.3. The van der Waals surface area contributed by atoms with Crippen LogP contribution in [0.3, 0.4) is 0 Å². The van der Waals surface area contributed by atoms with Crippen molar-refractivity contribution in [1.82, 2.24) is 9.97 Å². The van der Waals surface area contributed by atoms with Gasteiger partial charge >= 0.3 is 0 Å². The average Bonchev–Trinajstić information content (AvgIpc) is 2.48. The van der Waals surface area contributed by atoms with Crippen LogP contribution in [-0.2, 0) is 0 Å². The lowest BCUT2D eigenvalue weighted by Crippen LogP contribution is -1.88. The number of fused-ring (bicyclic) bond motifs is 1. The predicted octanol–water partition coefficient (Wildman–Crippen LogP) is 2.12. The molecule has 66 valence electrons. The maximum Gasteiger partial charge on any atom is 0.290 e. The Balaban J connectivity index is 2.76. The molecular weight excluding hydrogens is 194 g/mol. The van der Waals surface area contributed by atoms with E-state index < -0.39 is 4.92 Å². The number of hydrogen-bond donors (Lipinski definition) is 1. The molecule has 0 radical (unpaired) electrons. The number of benzene rings is 1. The lowest BCUT2D eigenvalue weighted by molar-refractivity contribution is -0.384. The van der Waals surface area contributed by atoms with Crippen molar-refractivity contribution in [3.8, 4) is 0 Å². The maximum absolute atomic E-state index is 10.5. The molecule has 0 bridgehead atoms. The van der Waals surface area contributed by atoms with Crippen molar-refractivity contribution in [2.24, 2.45) is 0 Å². The Hall–Kier alpha value is -1.62. The number of nitrogens with one attached hydrogen (secondary N) is 1. The molecule has 0 saturated heterocycles. The molecule has 1 aromatic heterocycles. The summed E-state index contributed by atoms with van der Waals surface area (Å²) in [5.41, 5.74) is 1.10. The molecule has 0 amide bonds. The van der Waals surface area contributed by atoms with E-state index in [1.807, 2.05) is 0 Å². The van der Waals surface area contributed by atoms with Gasteiger partial charge in [0, 0.05) is 6.07 Å². The minimum Gasteiger partial charge on any atom is -0.345 e.